The number of carboxylic acids is 1. The molecule has 7 heteroatoms. The monoisotopic (exact) mass is 272 g/mol. The van der Waals surface area contributed by atoms with Crippen molar-refractivity contribution in [1.82, 2.24) is 0 Å². The van der Waals surface area contributed by atoms with Crippen LogP contribution < -0.4 is 5.32 Å². The molecule has 0 amide bonds. The minimum absolute atomic E-state index is 0.0216. The molecule has 1 unspecified atom stereocenters. The van der Waals surface area contributed by atoms with Crippen LogP contribution in [-0.4, -0.2) is 22.5 Å². The standard InChI is InChI=1S/C11H13ClN2O4/c1-2-7(11(15)16)6-13-9-5-3-4-8(12)10(9)14(17)18/h3-5,7,13H,2,6H2,1H3,(H,15,16). The van der Waals surface area contributed by atoms with Crippen molar-refractivity contribution in [2.75, 3.05) is 11.9 Å². The molecule has 6 nitrogen and oxygen atoms in total. The average molecular weight is 273 g/mol. The van der Waals surface area contributed by atoms with Crippen molar-refractivity contribution in [3.05, 3.63) is 33.3 Å². The van der Waals surface area contributed by atoms with Gasteiger partial charge in [-0.05, 0) is 18.6 Å². The Morgan fingerprint density at radius 3 is 2.78 bits per heavy atom. The zero-order chi connectivity index (χ0) is 13.7. The first-order valence-corrected chi connectivity index (χ1v) is 5.74. The van der Waals surface area contributed by atoms with Crippen LogP contribution in [0.1, 0.15) is 13.3 Å². The van der Waals surface area contributed by atoms with Gasteiger partial charge in [-0.1, -0.05) is 24.6 Å². The zero-order valence-corrected chi connectivity index (χ0v) is 10.5. The van der Waals surface area contributed by atoms with E-state index < -0.39 is 16.8 Å². The maximum absolute atomic E-state index is 10.9. The Hall–Kier alpha value is -1.82. The molecule has 0 radical (unpaired) electrons. The van der Waals surface area contributed by atoms with E-state index in [0.29, 0.717) is 6.42 Å². The molecule has 1 aromatic carbocycles. The molecule has 1 aromatic rings. The third-order valence-electron chi connectivity index (χ3n) is 2.55. The number of nitrogens with zero attached hydrogens (tertiary/aromatic N) is 1. The molecule has 0 aromatic heterocycles. The molecule has 0 spiro atoms. The second kappa shape index (κ2) is 6.20. The number of nitrogens with one attached hydrogen (secondary N) is 1. The topological polar surface area (TPSA) is 92.5 Å². The lowest BCUT2D eigenvalue weighted by molar-refractivity contribution is -0.383. The van der Waals surface area contributed by atoms with Gasteiger partial charge in [-0.3, -0.25) is 14.9 Å². The number of aliphatic carboxylic acids is 1. The number of carboxylic acid groups (broad SMARTS) is 1. The number of benzene rings is 1. The maximum Gasteiger partial charge on any atom is 0.310 e. The quantitative estimate of drug-likeness (QED) is 0.613. The van der Waals surface area contributed by atoms with Crippen molar-refractivity contribution < 1.29 is 14.8 Å². The molecule has 0 saturated carbocycles. The Balaban J connectivity index is 2.88. The number of nitro groups is 1. The van der Waals surface area contributed by atoms with Gasteiger partial charge in [-0.15, -0.1) is 0 Å². The van der Waals surface area contributed by atoms with Crippen molar-refractivity contribution in [2.45, 2.75) is 13.3 Å². The van der Waals surface area contributed by atoms with Crippen LogP contribution in [0.2, 0.25) is 5.02 Å². The fraction of sp³-hybridized carbons (Fsp3) is 0.364. The predicted octanol–water partition coefficient (Wildman–Crippen LogP) is 2.77. The Kier molecular flexibility index (Phi) is 4.91. The first-order valence-electron chi connectivity index (χ1n) is 5.37. The SMILES string of the molecule is CCC(CNc1cccc(Cl)c1[N+](=O)[O-])C(=O)O. The normalized spacial score (nSPS) is 11.9. The molecule has 0 aliphatic carbocycles. The number of nitro benzene ring substituents is 1. The second-order valence-corrected chi connectivity index (χ2v) is 4.12. The number of hydrogen-bond donors (Lipinski definition) is 2. The lowest BCUT2D eigenvalue weighted by Crippen LogP contribution is -2.22. The van der Waals surface area contributed by atoms with Crippen LogP contribution >= 0.6 is 11.6 Å². The van der Waals surface area contributed by atoms with Crippen LogP contribution in [0.15, 0.2) is 18.2 Å². The van der Waals surface area contributed by atoms with E-state index in [9.17, 15) is 14.9 Å². The molecule has 0 saturated heterocycles. The van der Waals surface area contributed by atoms with Gasteiger partial charge in [0.05, 0.1) is 10.8 Å². The summed E-state index contributed by atoms with van der Waals surface area (Å²) in [5.41, 5.74) is -0.00777. The summed E-state index contributed by atoms with van der Waals surface area (Å²) in [7, 11) is 0. The van der Waals surface area contributed by atoms with Crippen molar-refractivity contribution >= 4 is 28.9 Å². The molecule has 2 N–H and O–H groups in total. The van der Waals surface area contributed by atoms with E-state index in [2.05, 4.69) is 5.32 Å². The van der Waals surface area contributed by atoms with Gasteiger partial charge >= 0.3 is 11.7 Å². The summed E-state index contributed by atoms with van der Waals surface area (Å²) in [6, 6.07) is 4.48. The Morgan fingerprint density at radius 1 is 1.61 bits per heavy atom. The summed E-state index contributed by atoms with van der Waals surface area (Å²) in [5.74, 6) is -1.53. The van der Waals surface area contributed by atoms with Crippen molar-refractivity contribution in [3.63, 3.8) is 0 Å². The lowest BCUT2D eigenvalue weighted by atomic mass is 10.1. The van der Waals surface area contributed by atoms with Crippen LogP contribution in [0.4, 0.5) is 11.4 Å². The molecule has 0 aliphatic rings. The summed E-state index contributed by atoms with van der Waals surface area (Å²) >= 11 is 5.74. The van der Waals surface area contributed by atoms with E-state index in [1.165, 1.54) is 12.1 Å². The summed E-state index contributed by atoms with van der Waals surface area (Å²) in [6.07, 6.45) is 0.441. The van der Waals surface area contributed by atoms with E-state index in [1.807, 2.05) is 0 Å². The van der Waals surface area contributed by atoms with Crippen molar-refractivity contribution in [2.24, 2.45) is 5.92 Å². The molecule has 98 valence electrons. The predicted molar refractivity (Wildman–Crippen MR) is 68.0 cm³/mol. The molecule has 0 bridgehead atoms. The zero-order valence-electron chi connectivity index (χ0n) is 9.72. The third-order valence-corrected chi connectivity index (χ3v) is 2.86. The first kappa shape index (κ1) is 14.2. The molecule has 18 heavy (non-hydrogen) atoms. The highest BCUT2D eigenvalue weighted by Gasteiger charge is 2.20. The van der Waals surface area contributed by atoms with Crippen LogP contribution in [0.25, 0.3) is 0 Å². The smallest absolute Gasteiger partial charge is 0.310 e. The molecular weight excluding hydrogens is 260 g/mol. The van der Waals surface area contributed by atoms with E-state index in [4.69, 9.17) is 16.7 Å². The highest BCUT2D eigenvalue weighted by Crippen LogP contribution is 2.32. The van der Waals surface area contributed by atoms with Crippen LogP contribution in [0.5, 0.6) is 0 Å². The molecule has 0 aliphatic heterocycles. The number of anilines is 1. The summed E-state index contributed by atoms with van der Waals surface area (Å²) in [5, 5.41) is 22.5. The fourth-order valence-corrected chi connectivity index (χ4v) is 1.73. The van der Waals surface area contributed by atoms with Gasteiger partial charge in [0.15, 0.2) is 0 Å². The highest BCUT2D eigenvalue weighted by molar-refractivity contribution is 6.33. The van der Waals surface area contributed by atoms with Crippen LogP contribution in [0, 0.1) is 16.0 Å². The van der Waals surface area contributed by atoms with Gasteiger partial charge in [0.1, 0.15) is 10.7 Å². The largest absolute Gasteiger partial charge is 0.481 e. The fourth-order valence-electron chi connectivity index (χ4n) is 1.48. The number of carbonyl (C=O) groups is 1. The number of para-hydroxylation sites is 1. The van der Waals surface area contributed by atoms with Crippen molar-refractivity contribution in [1.29, 1.82) is 0 Å². The summed E-state index contributed by atoms with van der Waals surface area (Å²) in [4.78, 5) is 21.1. The van der Waals surface area contributed by atoms with E-state index in [0.717, 1.165) is 0 Å². The van der Waals surface area contributed by atoms with Crippen molar-refractivity contribution in [3.8, 4) is 0 Å². The Morgan fingerprint density at radius 2 is 2.28 bits per heavy atom. The van der Waals surface area contributed by atoms with Crippen LogP contribution in [-0.2, 0) is 4.79 Å². The number of hydrogen-bond acceptors (Lipinski definition) is 4. The molecule has 1 atom stereocenters. The summed E-state index contributed by atoms with van der Waals surface area (Å²) in [6.45, 7) is 1.86. The van der Waals surface area contributed by atoms with Gasteiger partial charge in [-0.25, -0.2) is 0 Å². The third kappa shape index (κ3) is 3.33. The lowest BCUT2D eigenvalue weighted by Gasteiger charge is -2.12. The molecule has 1 rings (SSSR count). The summed E-state index contributed by atoms with van der Waals surface area (Å²) < 4.78 is 0. The number of rotatable bonds is 6. The Bertz CT molecular complexity index is 464. The van der Waals surface area contributed by atoms with E-state index >= 15 is 0 Å². The second-order valence-electron chi connectivity index (χ2n) is 3.72. The van der Waals surface area contributed by atoms with Gasteiger partial charge < -0.3 is 10.4 Å². The van der Waals surface area contributed by atoms with Gasteiger partial charge in [0.2, 0.25) is 0 Å². The number of halogens is 1. The minimum Gasteiger partial charge on any atom is -0.481 e. The average Bonchev–Trinajstić information content (AvgIpc) is 2.28. The van der Waals surface area contributed by atoms with Gasteiger partial charge in [-0.2, -0.15) is 0 Å². The van der Waals surface area contributed by atoms with E-state index in [-0.39, 0.29) is 22.9 Å². The minimum atomic E-state index is -0.935. The van der Waals surface area contributed by atoms with Crippen LogP contribution in [0.3, 0.4) is 0 Å². The first-order chi connectivity index (χ1) is 8.47. The molecule has 0 heterocycles. The highest BCUT2D eigenvalue weighted by atomic mass is 35.5. The maximum atomic E-state index is 10.9. The van der Waals surface area contributed by atoms with E-state index in [1.54, 1.807) is 13.0 Å². The molecular formula is C11H13ClN2O4. The Labute approximate surface area is 109 Å². The molecule has 0 fully saturated rings. The van der Waals surface area contributed by atoms with Gasteiger partial charge in [0, 0.05) is 6.54 Å². The van der Waals surface area contributed by atoms with Gasteiger partial charge in [0.25, 0.3) is 0 Å².